The lowest BCUT2D eigenvalue weighted by Crippen LogP contribution is -2.39. The number of ether oxygens (including phenoxy) is 1. The number of halogens is 3. The standard InChI is InChI=1S/C22H22ClF2NO5S/c1-13-4-3-9-26(12-13)32(29,30)20-11-16(5-7-17(20)23)22(28)31-14(2)21(27)15-6-8-18(24)19(25)10-15/h5-8,10-11,13-14H,3-4,9,12H2,1-2H3/t13-,14-/m0/s1. The van der Waals surface area contributed by atoms with Gasteiger partial charge in [0.25, 0.3) is 0 Å². The van der Waals surface area contributed by atoms with E-state index in [1.807, 2.05) is 6.92 Å². The number of ketones is 1. The monoisotopic (exact) mass is 485 g/mol. The third kappa shape index (κ3) is 5.16. The van der Waals surface area contributed by atoms with E-state index in [9.17, 15) is 26.8 Å². The molecule has 1 saturated heterocycles. The van der Waals surface area contributed by atoms with Gasteiger partial charge < -0.3 is 4.74 Å². The summed E-state index contributed by atoms with van der Waals surface area (Å²) in [7, 11) is -3.93. The summed E-state index contributed by atoms with van der Waals surface area (Å²) in [6.07, 6.45) is 0.338. The fourth-order valence-electron chi connectivity index (χ4n) is 3.50. The number of sulfonamides is 1. The highest BCUT2D eigenvalue weighted by atomic mass is 35.5. The molecule has 0 aromatic heterocycles. The van der Waals surface area contributed by atoms with Crippen LogP contribution in [-0.2, 0) is 14.8 Å². The molecule has 10 heteroatoms. The van der Waals surface area contributed by atoms with Gasteiger partial charge in [-0.2, -0.15) is 4.31 Å². The summed E-state index contributed by atoms with van der Waals surface area (Å²) in [6, 6.07) is 6.28. The van der Waals surface area contributed by atoms with Gasteiger partial charge in [0.1, 0.15) is 4.90 Å². The Bertz CT molecular complexity index is 1160. The average Bonchev–Trinajstić information content (AvgIpc) is 2.75. The molecule has 1 aliphatic rings. The molecule has 0 saturated carbocycles. The Labute approximate surface area is 190 Å². The van der Waals surface area contributed by atoms with Crippen molar-refractivity contribution < 1.29 is 31.5 Å². The van der Waals surface area contributed by atoms with E-state index in [2.05, 4.69) is 0 Å². The molecule has 0 bridgehead atoms. The SMILES string of the molecule is C[C@H]1CCCN(S(=O)(=O)c2cc(C(=O)O[C@@H](C)C(=O)c3ccc(F)c(F)c3)ccc2Cl)C1. The lowest BCUT2D eigenvalue weighted by molar-refractivity contribution is 0.0318. The topological polar surface area (TPSA) is 80.8 Å². The summed E-state index contributed by atoms with van der Waals surface area (Å²) < 4.78 is 59.1. The van der Waals surface area contributed by atoms with Crippen molar-refractivity contribution in [1.82, 2.24) is 4.31 Å². The van der Waals surface area contributed by atoms with E-state index in [1.165, 1.54) is 23.4 Å². The second kappa shape index (κ2) is 9.64. The molecular formula is C22H22ClF2NO5S. The summed E-state index contributed by atoms with van der Waals surface area (Å²) in [5.74, 6) is -3.79. The summed E-state index contributed by atoms with van der Waals surface area (Å²) in [4.78, 5) is 24.8. The maximum Gasteiger partial charge on any atom is 0.338 e. The van der Waals surface area contributed by atoms with Crippen LogP contribution in [-0.4, -0.2) is 43.7 Å². The fraction of sp³-hybridized carbons (Fsp3) is 0.364. The number of hydrogen-bond donors (Lipinski definition) is 0. The molecule has 6 nitrogen and oxygen atoms in total. The van der Waals surface area contributed by atoms with Crippen molar-refractivity contribution >= 4 is 33.4 Å². The Morgan fingerprint density at radius 2 is 1.81 bits per heavy atom. The van der Waals surface area contributed by atoms with Gasteiger partial charge in [0.15, 0.2) is 17.7 Å². The lowest BCUT2D eigenvalue weighted by atomic mass is 10.0. The average molecular weight is 486 g/mol. The van der Waals surface area contributed by atoms with Crippen molar-refractivity contribution in [3.8, 4) is 0 Å². The summed E-state index contributed by atoms with van der Waals surface area (Å²) in [5.41, 5.74) is -0.272. The first-order valence-electron chi connectivity index (χ1n) is 10.0. The predicted octanol–water partition coefficient (Wildman–Crippen LogP) is 4.47. The van der Waals surface area contributed by atoms with E-state index in [4.69, 9.17) is 16.3 Å². The molecule has 2 atom stereocenters. The largest absolute Gasteiger partial charge is 0.451 e. The number of benzene rings is 2. The third-order valence-corrected chi connectivity index (χ3v) is 7.61. The van der Waals surface area contributed by atoms with Gasteiger partial charge in [0.2, 0.25) is 15.8 Å². The second-order valence-corrected chi connectivity index (χ2v) is 10.1. The van der Waals surface area contributed by atoms with E-state index < -0.39 is 39.5 Å². The van der Waals surface area contributed by atoms with E-state index in [-0.39, 0.29) is 27.0 Å². The zero-order valence-corrected chi connectivity index (χ0v) is 19.1. The van der Waals surface area contributed by atoms with Crippen LogP contribution in [0.2, 0.25) is 5.02 Å². The Balaban J connectivity index is 1.80. The van der Waals surface area contributed by atoms with Crippen molar-refractivity contribution in [3.63, 3.8) is 0 Å². The maximum atomic E-state index is 13.4. The van der Waals surface area contributed by atoms with Gasteiger partial charge in [0.05, 0.1) is 10.6 Å². The summed E-state index contributed by atoms with van der Waals surface area (Å²) in [5, 5.41) is -0.0364. The van der Waals surface area contributed by atoms with Crippen molar-refractivity contribution in [2.75, 3.05) is 13.1 Å². The Morgan fingerprint density at radius 3 is 2.47 bits per heavy atom. The van der Waals surface area contributed by atoms with Gasteiger partial charge >= 0.3 is 5.97 Å². The van der Waals surface area contributed by atoms with Gasteiger partial charge in [-0.05, 0) is 62.1 Å². The van der Waals surface area contributed by atoms with Crippen molar-refractivity contribution in [1.29, 1.82) is 0 Å². The van der Waals surface area contributed by atoms with Gasteiger partial charge in [-0.3, -0.25) is 4.79 Å². The zero-order chi connectivity index (χ0) is 23.6. The molecule has 32 heavy (non-hydrogen) atoms. The first kappa shape index (κ1) is 24.3. The van der Waals surface area contributed by atoms with Crippen LogP contribution >= 0.6 is 11.6 Å². The van der Waals surface area contributed by atoms with Crippen LogP contribution in [0.1, 0.15) is 47.4 Å². The molecule has 1 fully saturated rings. The number of hydrogen-bond acceptors (Lipinski definition) is 5. The van der Waals surface area contributed by atoms with E-state index in [1.54, 1.807) is 0 Å². The minimum atomic E-state index is -3.93. The van der Waals surface area contributed by atoms with Crippen LogP contribution in [0.4, 0.5) is 8.78 Å². The molecule has 0 aliphatic carbocycles. The molecule has 0 radical (unpaired) electrons. The molecule has 0 amide bonds. The number of carbonyl (C=O) groups is 2. The minimum Gasteiger partial charge on any atom is -0.451 e. The highest BCUT2D eigenvalue weighted by molar-refractivity contribution is 7.89. The number of nitrogens with zero attached hydrogens (tertiary/aromatic N) is 1. The van der Waals surface area contributed by atoms with E-state index >= 15 is 0 Å². The van der Waals surface area contributed by atoms with Gasteiger partial charge in [-0.15, -0.1) is 0 Å². The molecule has 2 aromatic carbocycles. The first-order chi connectivity index (χ1) is 15.0. The molecule has 0 unspecified atom stereocenters. The molecule has 172 valence electrons. The second-order valence-electron chi connectivity index (χ2n) is 7.80. The normalized spacial score (nSPS) is 18.2. The molecule has 2 aromatic rings. The van der Waals surface area contributed by atoms with E-state index in [0.717, 1.165) is 31.0 Å². The van der Waals surface area contributed by atoms with E-state index in [0.29, 0.717) is 19.2 Å². The van der Waals surface area contributed by atoms with Crippen LogP contribution in [0.25, 0.3) is 0 Å². The van der Waals surface area contributed by atoms with Crippen LogP contribution in [0, 0.1) is 17.6 Å². The van der Waals surface area contributed by atoms with Gasteiger partial charge in [-0.25, -0.2) is 22.0 Å². The number of Topliss-reactive ketones (excluding diaryl/α,β-unsaturated/α-hetero) is 1. The van der Waals surface area contributed by atoms with Crippen molar-refractivity contribution in [3.05, 3.63) is 64.2 Å². The predicted molar refractivity (Wildman–Crippen MR) is 114 cm³/mol. The third-order valence-electron chi connectivity index (χ3n) is 5.26. The minimum absolute atomic E-state index is 0.0364. The molecule has 0 N–H and O–H groups in total. The number of esters is 1. The fourth-order valence-corrected chi connectivity index (χ4v) is 5.60. The molecule has 1 aliphatic heterocycles. The Morgan fingerprint density at radius 1 is 1.12 bits per heavy atom. The molecule has 3 rings (SSSR count). The Hall–Kier alpha value is -2.36. The molecule has 0 spiro atoms. The number of carbonyl (C=O) groups excluding carboxylic acids is 2. The summed E-state index contributed by atoms with van der Waals surface area (Å²) in [6.45, 7) is 3.96. The highest BCUT2D eigenvalue weighted by Crippen LogP contribution is 2.29. The van der Waals surface area contributed by atoms with Crippen molar-refractivity contribution in [2.45, 2.75) is 37.7 Å². The number of piperidine rings is 1. The molecule has 1 heterocycles. The van der Waals surface area contributed by atoms with Crippen LogP contribution in [0.3, 0.4) is 0 Å². The highest BCUT2D eigenvalue weighted by Gasteiger charge is 2.31. The van der Waals surface area contributed by atoms with Crippen LogP contribution in [0.15, 0.2) is 41.3 Å². The lowest BCUT2D eigenvalue weighted by Gasteiger charge is -2.30. The van der Waals surface area contributed by atoms with Crippen LogP contribution in [0.5, 0.6) is 0 Å². The quantitative estimate of drug-likeness (QED) is 0.445. The zero-order valence-electron chi connectivity index (χ0n) is 17.5. The summed E-state index contributed by atoms with van der Waals surface area (Å²) >= 11 is 6.13. The van der Waals surface area contributed by atoms with Crippen molar-refractivity contribution in [2.24, 2.45) is 5.92 Å². The smallest absolute Gasteiger partial charge is 0.338 e. The van der Waals surface area contributed by atoms with Crippen LogP contribution < -0.4 is 0 Å². The maximum absolute atomic E-state index is 13.4. The Kier molecular flexibility index (Phi) is 7.32. The molecular weight excluding hydrogens is 464 g/mol. The van der Waals surface area contributed by atoms with Gasteiger partial charge in [-0.1, -0.05) is 18.5 Å². The van der Waals surface area contributed by atoms with Gasteiger partial charge in [0, 0.05) is 18.7 Å². The first-order valence-corrected chi connectivity index (χ1v) is 11.8. The number of rotatable bonds is 6.